The third-order valence-electron chi connectivity index (χ3n) is 2.46. The van der Waals surface area contributed by atoms with Crippen molar-refractivity contribution in [3.63, 3.8) is 0 Å². The monoisotopic (exact) mass is 174 g/mol. The maximum absolute atomic E-state index is 9.06. The third kappa shape index (κ3) is 1.97. The van der Waals surface area contributed by atoms with Crippen molar-refractivity contribution >= 4 is 0 Å². The molecule has 0 saturated carbocycles. The Hall–Kier alpha value is -0.120. The second-order valence-electron chi connectivity index (χ2n) is 4.09. The van der Waals surface area contributed by atoms with Crippen molar-refractivity contribution < 1.29 is 14.6 Å². The van der Waals surface area contributed by atoms with E-state index in [9.17, 15) is 0 Å². The van der Waals surface area contributed by atoms with Crippen molar-refractivity contribution in [1.29, 1.82) is 0 Å². The molecular weight excluding hydrogens is 156 g/mol. The van der Waals surface area contributed by atoms with E-state index in [-0.39, 0.29) is 17.8 Å². The summed E-state index contributed by atoms with van der Waals surface area (Å²) in [6.07, 6.45) is 1.86. The highest BCUT2D eigenvalue weighted by Gasteiger charge is 2.43. The quantitative estimate of drug-likeness (QED) is 0.692. The molecular formula is C9H18O3. The smallest absolute Gasteiger partial charge is 0.0896 e. The first-order valence-corrected chi connectivity index (χ1v) is 4.34. The Kier molecular flexibility index (Phi) is 2.76. The molecule has 72 valence electrons. The summed E-state index contributed by atoms with van der Waals surface area (Å²) in [7, 11) is 1.67. The van der Waals surface area contributed by atoms with Gasteiger partial charge in [-0.3, -0.25) is 0 Å². The normalized spacial score (nSPS) is 42.0. The van der Waals surface area contributed by atoms with Crippen LogP contribution in [0.3, 0.4) is 0 Å². The first-order chi connectivity index (χ1) is 5.54. The van der Waals surface area contributed by atoms with E-state index in [0.717, 1.165) is 12.8 Å². The molecule has 3 nitrogen and oxygen atoms in total. The maximum Gasteiger partial charge on any atom is 0.0896 e. The number of methoxy groups -OCH3 is 1. The zero-order valence-electron chi connectivity index (χ0n) is 8.09. The van der Waals surface area contributed by atoms with Crippen molar-refractivity contribution in [3.05, 3.63) is 0 Å². The van der Waals surface area contributed by atoms with Crippen LogP contribution in [0.25, 0.3) is 0 Å². The molecule has 0 bridgehead atoms. The molecule has 0 aromatic carbocycles. The minimum atomic E-state index is -0.354. The lowest BCUT2D eigenvalue weighted by atomic mass is 9.99. The van der Waals surface area contributed by atoms with Crippen LogP contribution >= 0.6 is 0 Å². The zero-order chi connectivity index (χ0) is 9.24. The molecule has 1 heterocycles. The summed E-state index contributed by atoms with van der Waals surface area (Å²) in [4.78, 5) is 0. The van der Waals surface area contributed by atoms with Crippen molar-refractivity contribution in [2.45, 2.75) is 37.9 Å². The Balaban J connectivity index is 2.53. The second kappa shape index (κ2) is 3.32. The number of rotatable bonds is 3. The van der Waals surface area contributed by atoms with Gasteiger partial charge in [0.2, 0.25) is 0 Å². The highest BCUT2D eigenvalue weighted by molar-refractivity contribution is 4.92. The summed E-state index contributed by atoms with van der Waals surface area (Å²) < 4.78 is 10.8. The van der Waals surface area contributed by atoms with Crippen molar-refractivity contribution in [2.75, 3.05) is 20.3 Å². The van der Waals surface area contributed by atoms with Crippen LogP contribution in [0.2, 0.25) is 0 Å². The van der Waals surface area contributed by atoms with Crippen LogP contribution < -0.4 is 0 Å². The highest BCUT2D eigenvalue weighted by atomic mass is 16.6. The lowest BCUT2D eigenvalue weighted by Gasteiger charge is -2.28. The average Bonchev–Trinajstić information content (AvgIpc) is 2.30. The van der Waals surface area contributed by atoms with Crippen molar-refractivity contribution in [3.8, 4) is 0 Å². The van der Waals surface area contributed by atoms with Crippen LogP contribution in [-0.4, -0.2) is 36.6 Å². The zero-order valence-corrected chi connectivity index (χ0v) is 8.09. The molecule has 1 saturated heterocycles. The fourth-order valence-corrected chi connectivity index (χ4v) is 1.74. The Bertz CT molecular complexity index is 160. The topological polar surface area (TPSA) is 38.7 Å². The molecule has 1 rings (SSSR count). The lowest BCUT2D eigenvalue weighted by molar-refractivity contribution is -0.129. The summed E-state index contributed by atoms with van der Waals surface area (Å²) >= 11 is 0. The van der Waals surface area contributed by atoms with Crippen LogP contribution in [0.15, 0.2) is 0 Å². The Morgan fingerprint density at radius 1 is 1.33 bits per heavy atom. The number of hydrogen-bond acceptors (Lipinski definition) is 3. The second-order valence-corrected chi connectivity index (χ2v) is 4.09. The van der Waals surface area contributed by atoms with Crippen molar-refractivity contribution in [1.82, 2.24) is 0 Å². The minimum absolute atomic E-state index is 0.0896. The Labute approximate surface area is 73.7 Å². The molecule has 2 unspecified atom stereocenters. The van der Waals surface area contributed by atoms with Crippen LogP contribution in [0, 0.1) is 0 Å². The van der Waals surface area contributed by atoms with E-state index in [1.165, 1.54) is 0 Å². The van der Waals surface area contributed by atoms with Crippen molar-refractivity contribution in [2.24, 2.45) is 0 Å². The summed E-state index contributed by atoms with van der Waals surface area (Å²) in [5.41, 5.74) is -0.556. The molecule has 1 aliphatic heterocycles. The first kappa shape index (κ1) is 9.96. The number of aliphatic hydroxyl groups is 1. The summed E-state index contributed by atoms with van der Waals surface area (Å²) in [6.45, 7) is 4.65. The maximum atomic E-state index is 9.06. The predicted octanol–water partition coefficient (Wildman–Crippen LogP) is 0.953. The summed E-state index contributed by atoms with van der Waals surface area (Å²) in [6, 6.07) is 0. The molecule has 1 aliphatic rings. The molecule has 2 atom stereocenters. The van der Waals surface area contributed by atoms with E-state index in [1.807, 2.05) is 13.8 Å². The molecule has 1 N–H and O–H groups in total. The van der Waals surface area contributed by atoms with Crippen LogP contribution in [-0.2, 0) is 9.47 Å². The molecule has 0 aliphatic carbocycles. The molecule has 0 spiro atoms. The van der Waals surface area contributed by atoms with Gasteiger partial charge in [0.25, 0.3) is 0 Å². The fraction of sp³-hybridized carbons (Fsp3) is 1.00. The van der Waals surface area contributed by atoms with Gasteiger partial charge in [-0.15, -0.1) is 0 Å². The number of hydrogen-bond donors (Lipinski definition) is 1. The van der Waals surface area contributed by atoms with E-state index >= 15 is 0 Å². The lowest BCUT2D eigenvalue weighted by Crippen LogP contribution is -2.36. The van der Waals surface area contributed by atoms with E-state index in [1.54, 1.807) is 7.11 Å². The van der Waals surface area contributed by atoms with Crippen LogP contribution in [0.5, 0.6) is 0 Å². The molecule has 0 aromatic heterocycles. The average molecular weight is 174 g/mol. The van der Waals surface area contributed by atoms with Gasteiger partial charge in [0.1, 0.15) is 0 Å². The van der Waals surface area contributed by atoms with Gasteiger partial charge in [-0.2, -0.15) is 0 Å². The summed E-state index contributed by atoms with van der Waals surface area (Å²) in [5.74, 6) is 0. The largest absolute Gasteiger partial charge is 0.393 e. The van der Waals surface area contributed by atoms with Gasteiger partial charge < -0.3 is 14.6 Å². The van der Waals surface area contributed by atoms with Crippen LogP contribution in [0.4, 0.5) is 0 Å². The SMILES string of the molecule is COCC1(C)CCC(C)(CO)O1. The molecule has 3 heteroatoms. The molecule has 1 fully saturated rings. The van der Waals surface area contributed by atoms with Gasteiger partial charge in [0.05, 0.1) is 24.4 Å². The fourth-order valence-electron chi connectivity index (χ4n) is 1.74. The molecule has 12 heavy (non-hydrogen) atoms. The number of aliphatic hydroxyl groups excluding tert-OH is 1. The summed E-state index contributed by atoms with van der Waals surface area (Å²) in [5, 5.41) is 9.06. The highest BCUT2D eigenvalue weighted by Crippen LogP contribution is 2.37. The van der Waals surface area contributed by atoms with E-state index in [2.05, 4.69) is 0 Å². The van der Waals surface area contributed by atoms with Gasteiger partial charge in [0.15, 0.2) is 0 Å². The standard InChI is InChI=1S/C9H18O3/c1-8(6-10)4-5-9(2,12-8)7-11-3/h10H,4-7H2,1-3H3. The predicted molar refractivity (Wildman–Crippen MR) is 46.1 cm³/mol. The molecule has 0 amide bonds. The van der Waals surface area contributed by atoms with Gasteiger partial charge >= 0.3 is 0 Å². The van der Waals surface area contributed by atoms with E-state index < -0.39 is 0 Å². The minimum Gasteiger partial charge on any atom is -0.393 e. The van der Waals surface area contributed by atoms with Crippen LogP contribution in [0.1, 0.15) is 26.7 Å². The number of ether oxygens (including phenoxy) is 2. The van der Waals surface area contributed by atoms with E-state index in [0.29, 0.717) is 6.61 Å². The molecule has 0 radical (unpaired) electrons. The van der Waals surface area contributed by atoms with E-state index in [4.69, 9.17) is 14.6 Å². The Morgan fingerprint density at radius 3 is 2.33 bits per heavy atom. The molecule has 0 aromatic rings. The van der Waals surface area contributed by atoms with Gasteiger partial charge in [-0.05, 0) is 26.7 Å². The first-order valence-electron chi connectivity index (χ1n) is 4.34. The van der Waals surface area contributed by atoms with Gasteiger partial charge in [-0.1, -0.05) is 0 Å². The Morgan fingerprint density at radius 2 is 1.92 bits per heavy atom. The third-order valence-corrected chi connectivity index (χ3v) is 2.46. The van der Waals surface area contributed by atoms with Gasteiger partial charge in [0, 0.05) is 7.11 Å². The van der Waals surface area contributed by atoms with Gasteiger partial charge in [-0.25, -0.2) is 0 Å².